The normalized spacial score (nSPS) is 14.4. The van der Waals surface area contributed by atoms with Crippen molar-refractivity contribution in [3.8, 4) is 0 Å². The molecule has 0 radical (unpaired) electrons. The van der Waals surface area contributed by atoms with E-state index in [0.717, 1.165) is 5.56 Å². The highest BCUT2D eigenvalue weighted by Gasteiger charge is 2.28. The lowest BCUT2D eigenvalue weighted by Gasteiger charge is -2.31. The standard InChI is InChI=1S/C20H23N5O3/c1-21-20(28)17-19(23-10-9-22-17)24-13-16(26)25-11-7-15(8-12-25)18(27)14-5-3-2-4-6-14/h2-6,9-10,15H,7-8,11-13H2,1H3,(H,21,28)(H,23,24). The first-order valence-corrected chi connectivity index (χ1v) is 9.24. The number of nitrogens with zero attached hydrogens (tertiary/aromatic N) is 3. The zero-order valence-electron chi connectivity index (χ0n) is 15.7. The first-order valence-electron chi connectivity index (χ1n) is 9.24. The molecule has 1 aromatic carbocycles. The number of hydrogen-bond acceptors (Lipinski definition) is 6. The third-order valence-corrected chi connectivity index (χ3v) is 4.82. The van der Waals surface area contributed by atoms with Crippen molar-refractivity contribution in [2.45, 2.75) is 12.8 Å². The first kappa shape index (κ1) is 19.5. The SMILES string of the molecule is CNC(=O)c1nccnc1NCC(=O)N1CCC(C(=O)c2ccccc2)CC1. The third-order valence-electron chi connectivity index (χ3n) is 4.82. The zero-order valence-corrected chi connectivity index (χ0v) is 15.7. The van der Waals surface area contributed by atoms with E-state index in [9.17, 15) is 14.4 Å². The number of Topliss-reactive ketones (excluding diaryl/α,β-unsaturated/α-hetero) is 1. The first-order chi connectivity index (χ1) is 13.6. The summed E-state index contributed by atoms with van der Waals surface area (Å²) < 4.78 is 0. The molecule has 0 atom stereocenters. The van der Waals surface area contributed by atoms with Crippen molar-refractivity contribution in [1.82, 2.24) is 20.2 Å². The molecule has 146 valence electrons. The second kappa shape index (κ2) is 9.07. The van der Waals surface area contributed by atoms with E-state index >= 15 is 0 Å². The topological polar surface area (TPSA) is 104 Å². The lowest BCUT2D eigenvalue weighted by atomic mass is 9.89. The summed E-state index contributed by atoms with van der Waals surface area (Å²) in [5.74, 6) is -0.119. The van der Waals surface area contributed by atoms with Crippen LogP contribution in [-0.2, 0) is 4.79 Å². The molecule has 2 heterocycles. The van der Waals surface area contributed by atoms with Gasteiger partial charge in [-0.2, -0.15) is 0 Å². The molecule has 1 aromatic heterocycles. The van der Waals surface area contributed by atoms with Gasteiger partial charge in [0.15, 0.2) is 17.3 Å². The largest absolute Gasteiger partial charge is 0.359 e. The molecule has 0 bridgehead atoms. The maximum absolute atomic E-state index is 12.5. The van der Waals surface area contributed by atoms with Gasteiger partial charge >= 0.3 is 0 Å². The van der Waals surface area contributed by atoms with E-state index in [0.29, 0.717) is 25.9 Å². The maximum Gasteiger partial charge on any atom is 0.273 e. The monoisotopic (exact) mass is 381 g/mol. The predicted molar refractivity (Wildman–Crippen MR) is 104 cm³/mol. The van der Waals surface area contributed by atoms with Crippen molar-refractivity contribution in [2.24, 2.45) is 5.92 Å². The fourth-order valence-electron chi connectivity index (χ4n) is 3.25. The Balaban J connectivity index is 1.52. The predicted octanol–water partition coefficient (Wildman–Crippen LogP) is 1.37. The van der Waals surface area contributed by atoms with Gasteiger partial charge in [-0.15, -0.1) is 0 Å². The van der Waals surface area contributed by atoms with Crippen LogP contribution in [0.1, 0.15) is 33.7 Å². The van der Waals surface area contributed by atoms with E-state index in [1.54, 1.807) is 4.90 Å². The number of aromatic nitrogens is 2. The van der Waals surface area contributed by atoms with Crippen LogP contribution in [0.25, 0.3) is 0 Å². The minimum atomic E-state index is -0.372. The molecule has 1 aliphatic rings. The van der Waals surface area contributed by atoms with Gasteiger partial charge in [0.05, 0.1) is 6.54 Å². The van der Waals surface area contributed by atoms with Gasteiger partial charge in [0.25, 0.3) is 5.91 Å². The highest BCUT2D eigenvalue weighted by molar-refractivity contribution is 5.98. The lowest BCUT2D eigenvalue weighted by molar-refractivity contribution is -0.130. The van der Waals surface area contributed by atoms with Gasteiger partial charge < -0.3 is 15.5 Å². The molecule has 2 amide bonds. The van der Waals surface area contributed by atoms with Crippen LogP contribution in [0, 0.1) is 5.92 Å². The molecule has 0 unspecified atom stereocenters. The number of rotatable bonds is 6. The van der Waals surface area contributed by atoms with Crippen molar-refractivity contribution in [2.75, 3.05) is 32.0 Å². The summed E-state index contributed by atoms with van der Waals surface area (Å²) in [6.45, 7) is 1.08. The van der Waals surface area contributed by atoms with Crippen LogP contribution in [0.3, 0.4) is 0 Å². The third kappa shape index (κ3) is 4.51. The molecule has 0 saturated carbocycles. The summed E-state index contributed by atoms with van der Waals surface area (Å²) in [6.07, 6.45) is 4.17. The van der Waals surface area contributed by atoms with Crippen molar-refractivity contribution < 1.29 is 14.4 Å². The van der Waals surface area contributed by atoms with Gasteiger partial charge in [-0.05, 0) is 12.8 Å². The second-order valence-corrected chi connectivity index (χ2v) is 6.57. The van der Waals surface area contributed by atoms with E-state index in [1.807, 2.05) is 30.3 Å². The van der Waals surface area contributed by atoms with E-state index in [-0.39, 0.29) is 41.6 Å². The zero-order chi connectivity index (χ0) is 19.9. The van der Waals surface area contributed by atoms with E-state index < -0.39 is 0 Å². The Hall–Kier alpha value is -3.29. The Morgan fingerprint density at radius 3 is 2.43 bits per heavy atom. The average Bonchev–Trinajstić information content (AvgIpc) is 2.77. The lowest BCUT2D eigenvalue weighted by Crippen LogP contribution is -2.43. The Bertz CT molecular complexity index is 848. The fourth-order valence-corrected chi connectivity index (χ4v) is 3.25. The van der Waals surface area contributed by atoms with Gasteiger partial charge in [-0.3, -0.25) is 14.4 Å². The summed E-state index contributed by atoms with van der Waals surface area (Å²) in [4.78, 5) is 46.7. The van der Waals surface area contributed by atoms with Gasteiger partial charge in [0.2, 0.25) is 5.91 Å². The molecule has 8 heteroatoms. The molecule has 28 heavy (non-hydrogen) atoms. The molecule has 0 spiro atoms. The number of likely N-dealkylation sites (tertiary alicyclic amines) is 1. The van der Waals surface area contributed by atoms with Crippen LogP contribution in [0.4, 0.5) is 5.82 Å². The highest BCUT2D eigenvalue weighted by atomic mass is 16.2. The van der Waals surface area contributed by atoms with Crippen LogP contribution in [-0.4, -0.2) is 59.1 Å². The Labute approximate surface area is 163 Å². The maximum atomic E-state index is 12.5. The van der Waals surface area contributed by atoms with E-state index in [2.05, 4.69) is 20.6 Å². The summed E-state index contributed by atoms with van der Waals surface area (Å²) in [6, 6.07) is 9.26. The summed E-state index contributed by atoms with van der Waals surface area (Å²) >= 11 is 0. The number of carbonyl (C=O) groups excluding carboxylic acids is 3. The number of ketones is 1. The molecule has 2 N–H and O–H groups in total. The minimum Gasteiger partial charge on any atom is -0.359 e. The Morgan fingerprint density at radius 1 is 1.07 bits per heavy atom. The van der Waals surface area contributed by atoms with Gasteiger partial charge in [0, 0.05) is 44.0 Å². The van der Waals surface area contributed by atoms with Crippen LogP contribution in [0.2, 0.25) is 0 Å². The molecule has 0 aliphatic carbocycles. The van der Waals surface area contributed by atoms with Gasteiger partial charge in [-0.1, -0.05) is 30.3 Å². The van der Waals surface area contributed by atoms with Crippen LogP contribution in [0.15, 0.2) is 42.7 Å². The highest BCUT2D eigenvalue weighted by Crippen LogP contribution is 2.22. The van der Waals surface area contributed by atoms with E-state index in [1.165, 1.54) is 19.4 Å². The number of anilines is 1. The Kier molecular flexibility index (Phi) is 6.31. The van der Waals surface area contributed by atoms with Gasteiger partial charge in [-0.25, -0.2) is 9.97 Å². The summed E-state index contributed by atoms with van der Waals surface area (Å²) in [5.41, 5.74) is 0.864. The fraction of sp³-hybridized carbons (Fsp3) is 0.350. The number of piperidine rings is 1. The minimum absolute atomic E-state index is 0.0139. The van der Waals surface area contributed by atoms with Crippen molar-refractivity contribution in [1.29, 1.82) is 0 Å². The van der Waals surface area contributed by atoms with Crippen molar-refractivity contribution in [3.05, 3.63) is 54.0 Å². The summed E-state index contributed by atoms with van der Waals surface area (Å²) in [5, 5.41) is 5.39. The number of hydrogen-bond donors (Lipinski definition) is 2. The van der Waals surface area contributed by atoms with Crippen molar-refractivity contribution in [3.63, 3.8) is 0 Å². The van der Waals surface area contributed by atoms with Gasteiger partial charge in [0.1, 0.15) is 0 Å². The number of benzene rings is 1. The number of amides is 2. The second-order valence-electron chi connectivity index (χ2n) is 6.57. The molecular weight excluding hydrogens is 358 g/mol. The summed E-state index contributed by atoms with van der Waals surface area (Å²) in [7, 11) is 1.51. The molecule has 8 nitrogen and oxygen atoms in total. The number of nitrogens with one attached hydrogen (secondary N) is 2. The molecular formula is C20H23N5O3. The quantitative estimate of drug-likeness (QED) is 0.733. The van der Waals surface area contributed by atoms with Crippen LogP contribution >= 0.6 is 0 Å². The molecule has 3 rings (SSSR count). The van der Waals surface area contributed by atoms with Crippen molar-refractivity contribution >= 4 is 23.4 Å². The molecule has 1 saturated heterocycles. The van der Waals surface area contributed by atoms with Crippen LogP contribution in [0.5, 0.6) is 0 Å². The number of carbonyl (C=O) groups is 3. The molecule has 2 aromatic rings. The van der Waals surface area contributed by atoms with Crippen LogP contribution < -0.4 is 10.6 Å². The Morgan fingerprint density at radius 2 is 1.75 bits per heavy atom. The van der Waals surface area contributed by atoms with E-state index in [4.69, 9.17) is 0 Å². The molecule has 1 aliphatic heterocycles. The average molecular weight is 381 g/mol. The molecule has 1 fully saturated rings. The smallest absolute Gasteiger partial charge is 0.273 e.